The lowest BCUT2D eigenvalue weighted by molar-refractivity contribution is -0.124. The maximum absolute atomic E-state index is 11.7. The summed E-state index contributed by atoms with van der Waals surface area (Å²) in [5, 5.41) is 6.34. The first-order valence-corrected chi connectivity index (χ1v) is 7.04. The van der Waals surface area contributed by atoms with Crippen LogP contribution in [-0.2, 0) is 14.3 Å². The largest absolute Gasteiger partial charge is 0.381 e. The molecule has 5 nitrogen and oxygen atoms in total. The van der Waals surface area contributed by atoms with Crippen LogP contribution in [0.5, 0.6) is 0 Å². The number of carbonyl (C=O) groups is 1. The first-order valence-electron chi connectivity index (χ1n) is 7.04. The van der Waals surface area contributed by atoms with Crippen LogP contribution in [-0.4, -0.2) is 51.0 Å². The van der Waals surface area contributed by atoms with Crippen molar-refractivity contribution < 1.29 is 14.3 Å². The van der Waals surface area contributed by atoms with Crippen LogP contribution in [0.25, 0.3) is 0 Å². The average Bonchev–Trinajstić information content (AvgIpc) is 2.41. The molecular weight excluding hydrogens is 232 g/mol. The van der Waals surface area contributed by atoms with E-state index in [4.69, 9.17) is 9.47 Å². The third-order valence-corrected chi connectivity index (χ3v) is 3.51. The number of carbonyl (C=O) groups excluding carboxylic acids is 1. The summed E-state index contributed by atoms with van der Waals surface area (Å²) in [5.41, 5.74) is 0. The van der Waals surface area contributed by atoms with Gasteiger partial charge in [-0.1, -0.05) is 0 Å². The quantitative estimate of drug-likeness (QED) is 0.749. The fraction of sp³-hybridized carbons (Fsp3) is 0.923. The molecule has 0 unspecified atom stereocenters. The number of rotatable bonds is 5. The second kappa shape index (κ2) is 7.71. The molecule has 5 heteroatoms. The fourth-order valence-corrected chi connectivity index (χ4v) is 2.44. The van der Waals surface area contributed by atoms with Gasteiger partial charge in [0.25, 0.3) is 0 Å². The van der Waals surface area contributed by atoms with E-state index in [9.17, 15) is 4.79 Å². The van der Waals surface area contributed by atoms with Crippen LogP contribution < -0.4 is 10.6 Å². The molecule has 0 saturated carbocycles. The zero-order valence-corrected chi connectivity index (χ0v) is 11.0. The van der Waals surface area contributed by atoms with Crippen molar-refractivity contribution in [1.82, 2.24) is 10.6 Å². The number of piperidine rings is 1. The standard InChI is InChI=1S/C13H24N2O3/c16-13(15-11-2-1-6-14-10-11)5-9-18-12-3-7-17-8-4-12/h11-12,14H,1-10H2,(H,15,16)/t11-/m0/s1. The summed E-state index contributed by atoms with van der Waals surface area (Å²) in [7, 11) is 0. The van der Waals surface area contributed by atoms with Crippen LogP contribution in [0.3, 0.4) is 0 Å². The number of nitrogens with one attached hydrogen (secondary N) is 2. The highest BCUT2D eigenvalue weighted by atomic mass is 16.5. The molecule has 2 N–H and O–H groups in total. The van der Waals surface area contributed by atoms with Gasteiger partial charge in [0.1, 0.15) is 0 Å². The van der Waals surface area contributed by atoms with E-state index >= 15 is 0 Å². The van der Waals surface area contributed by atoms with Gasteiger partial charge in [0, 0.05) is 32.2 Å². The second-order valence-electron chi connectivity index (χ2n) is 5.04. The van der Waals surface area contributed by atoms with Crippen molar-refractivity contribution in [2.75, 3.05) is 32.9 Å². The highest BCUT2D eigenvalue weighted by Crippen LogP contribution is 2.10. The molecule has 1 atom stereocenters. The van der Waals surface area contributed by atoms with Gasteiger partial charge in [-0.2, -0.15) is 0 Å². The number of amides is 1. The van der Waals surface area contributed by atoms with E-state index in [1.165, 1.54) is 0 Å². The Morgan fingerprint density at radius 3 is 2.89 bits per heavy atom. The molecule has 2 saturated heterocycles. The zero-order chi connectivity index (χ0) is 12.6. The third-order valence-electron chi connectivity index (χ3n) is 3.51. The van der Waals surface area contributed by atoms with Gasteiger partial charge in [-0.25, -0.2) is 0 Å². The normalized spacial score (nSPS) is 25.9. The Hall–Kier alpha value is -0.650. The predicted molar refractivity (Wildman–Crippen MR) is 68.4 cm³/mol. The van der Waals surface area contributed by atoms with Crippen LogP contribution in [0.4, 0.5) is 0 Å². The third kappa shape index (κ3) is 4.92. The molecule has 104 valence electrons. The number of hydrogen-bond acceptors (Lipinski definition) is 4. The summed E-state index contributed by atoms with van der Waals surface area (Å²) in [6, 6.07) is 0.300. The molecule has 0 aromatic rings. The maximum Gasteiger partial charge on any atom is 0.222 e. The molecule has 0 bridgehead atoms. The van der Waals surface area contributed by atoms with E-state index in [1.54, 1.807) is 0 Å². The van der Waals surface area contributed by atoms with Crippen LogP contribution >= 0.6 is 0 Å². The predicted octanol–water partition coefficient (Wildman–Crippen LogP) is 0.440. The number of hydrogen-bond donors (Lipinski definition) is 2. The summed E-state index contributed by atoms with van der Waals surface area (Å²) in [6.45, 7) is 4.05. The average molecular weight is 256 g/mol. The molecule has 0 aromatic carbocycles. The van der Waals surface area contributed by atoms with Crippen molar-refractivity contribution in [2.24, 2.45) is 0 Å². The summed E-state index contributed by atoms with van der Waals surface area (Å²) in [5.74, 6) is 0.107. The Morgan fingerprint density at radius 1 is 1.33 bits per heavy atom. The van der Waals surface area contributed by atoms with Crippen molar-refractivity contribution >= 4 is 5.91 Å². The van der Waals surface area contributed by atoms with Crippen LogP contribution in [0, 0.1) is 0 Å². The first kappa shape index (κ1) is 13.8. The molecule has 2 aliphatic heterocycles. The molecule has 18 heavy (non-hydrogen) atoms. The van der Waals surface area contributed by atoms with Gasteiger partial charge in [0.2, 0.25) is 5.91 Å². The van der Waals surface area contributed by atoms with Crippen LogP contribution in [0.15, 0.2) is 0 Å². The van der Waals surface area contributed by atoms with E-state index in [2.05, 4.69) is 10.6 Å². The van der Waals surface area contributed by atoms with Crippen molar-refractivity contribution in [1.29, 1.82) is 0 Å². The molecule has 1 amide bonds. The summed E-state index contributed by atoms with van der Waals surface area (Å²) in [4.78, 5) is 11.7. The molecule has 0 aliphatic carbocycles. The lowest BCUT2D eigenvalue weighted by Gasteiger charge is -2.24. The Kier molecular flexibility index (Phi) is 5.90. The lowest BCUT2D eigenvalue weighted by atomic mass is 10.1. The van der Waals surface area contributed by atoms with E-state index in [0.717, 1.165) is 52.0 Å². The first-order chi connectivity index (χ1) is 8.84. The van der Waals surface area contributed by atoms with Gasteiger partial charge >= 0.3 is 0 Å². The molecule has 2 fully saturated rings. The minimum Gasteiger partial charge on any atom is -0.381 e. The minimum atomic E-state index is 0.107. The maximum atomic E-state index is 11.7. The summed E-state index contributed by atoms with van der Waals surface area (Å²) < 4.78 is 10.9. The van der Waals surface area contributed by atoms with Crippen LogP contribution in [0.1, 0.15) is 32.1 Å². The minimum absolute atomic E-state index is 0.107. The van der Waals surface area contributed by atoms with Crippen molar-refractivity contribution in [3.05, 3.63) is 0 Å². The Bertz CT molecular complexity index is 249. The van der Waals surface area contributed by atoms with Crippen molar-refractivity contribution in [3.8, 4) is 0 Å². The lowest BCUT2D eigenvalue weighted by Crippen LogP contribution is -2.45. The Morgan fingerprint density at radius 2 is 2.17 bits per heavy atom. The van der Waals surface area contributed by atoms with Crippen molar-refractivity contribution in [2.45, 2.75) is 44.2 Å². The number of ether oxygens (including phenoxy) is 2. The van der Waals surface area contributed by atoms with Crippen LogP contribution in [0.2, 0.25) is 0 Å². The van der Waals surface area contributed by atoms with E-state index in [-0.39, 0.29) is 12.0 Å². The zero-order valence-electron chi connectivity index (χ0n) is 11.0. The van der Waals surface area contributed by atoms with E-state index in [1.807, 2.05) is 0 Å². The second-order valence-corrected chi connectivity index (χ2v) is 5.04. The van der Waals surface area contributed by atoms with Gasteiger partial charge in [-0.15, -0.1) is 0 Å². The van der Waals surface area contributed by atoms with Gasteiger partial charge in [0.15, 0.2) is 0 Å². The van der Waals surface area contributed by atoms with E-state index in [0.29, 0.717) is 19.1 Å². The molecule has 0 radical (unpaired) electrons. The molecular formula is C13H24N2O3. The SMILES string of the molecule is O=C(CCOC1CCOCC1)N[C@H]1CCCNC1. The van der Waals surface area contributed by atoms with Gasteiger partial charge in [-0.05, 0) is 32.2 Å². The monoisotopic (exact) mass is 256 g/mol. The summed E-state index contributed by atoms with van der Waals surface area (Å²) in [6.07, 6.45) is 4.88. The smallest absolute Gasteiger partial charge is 0.222 e. The summed E-state index contributed by atoms with van der Waals surface area (Å²) >= 11 is 0. The topological polar surface area (TPSA) is 59.6 Å². The molecule has 2 heterocycles. The van der Waals surface area contributed by atoms with E-state index < -0.39 is 0 Å². The molecule has 0 spiro atoms. The Balaban J connectivity index is 1.53. The Labute approximate surface area is 109 Å². The highest BCUT2D eigenvalue weighted by Gasteiger charge is 2.17. The van der Waals surface area contributed by atoms with Crippen molar-refractivity contribution in [3.63, 3.8) is 0 Å². The van der Waals surface area contributed by atoms with Gasteiger partial charge < -0.3 is 20.1 Å². The van der Waals surface area contributed by atoms with Gasteiger partial charge in [-0.3, -0.25) is 4.79 Å². The highest BCUT2D eigenvalue weighted by molar-refractivity contribution is 5.76. The molecule has 0 aromatic heterocycles. The molecule has 2 rings (SSSR count). The van der Waals surface area contributed by atoms with Gasteiger partial charge in [0.05, 0.1) is 12.7 Å². The molecule has 2 aliphatic rings. The fourth-order valence-electron chi connectivity index (χ4n) is 2.44.